The van der Waals surface area contributed by atoms with E-state index >= 15 is 0 Å². The Morgan fingerprint density at radius 2 is 2.20 bits per heavy atom. The van der Waals surface area contributed by atoms with Crippen LogP contribution in [-0.4, -0.2) is 17.3 Å². The third kappa shape index (κ3) is 2.93. The number of aliphatic hydroxyl groups is 1. The number of hydrogen-bond donors (Lipinski definition) is 2. The number of nitriles is 1. The van der Waals surface area contributed by atoms with Gasteiger partial charge in [-0.1, -0.05) is 0 Å². The molecule has 0 aliphatic carbocycles. The maximum absolute atomic E-state index is 13.4. The second kappa shape index (κ2) is 4.28. The summed E-state index contributed by atoms with van der Waals surface area (Å²) in [5, 5.41) is 20.4. The average molecular weight is 208 g/mol. The number of nitrogens with one attached hydrogen (secondary N) is 1. The number of nitrogens with zero attached hydrogens (tertiary/aromatic N) is 1. The lowest BCUT2D eigenvalue weighted by Gasteiger charge is -2.25. The van der Waals surface area contributed by atoms with Crippen LogP contribution in [0.15, 0.2) is 18.2 Å². The molecule has 1 rings (SSSR count). The number of anilines is 1. The largest absolute Gasteiger partial charge is 0.394 e. The minimum Gasteiger partial charge on any atom is -0.394 e. The molecule has 2 N–H and O–H groups in total. The van der Waals surface area contributed by atoms with Gasteiger partial charge in [0.2, 0.25) is 0 Å². The zero-order chi connectivity index (χ0) is 11.5. The molecule has 0 aromatic heterocycles. The van der Waals surface area contributed by atoms with Gasteiger partial charge in [-0.3, -0.25) is 0 Å². The second-order valence-electron chi connectivity index (χ2n) is 3.97. The molecule has 80 valence electrons. The lowest BCUT2D eigenvalue weighted by molar-refractivity contribution is 0.234. The van der Waals surface area contributed by atoms with Gasteiger partial charge in [-0.05, 0) is 32.0 Å². The van der Waals surface area contributed by atoms with Crippen LogP contribution < -0.4 is 5.32 Å². The van der Waals surface area contributed by atoms with Crippen LogP contribution in [0.3, 0.4) is 0 Å². The fraction of sp³-hybridized carbons (Fsp3) is 0.364. The van der Waals surface area contributed by atoms with Crippen LogP contribution in [0.25, 0.3) is 0 Å². The van der Waals surface area contributed by atoms with E-state index in [0.29, 0.717) is 0 Å². The molecule has 0 spiro atoms. The van der Waals surface area contributed by atoms with Gasteiger partial charge in [0.05, 0.1) is 29.5 Å². The fourth-order valence-electron chi connectivity index (χ4n) is 1.09. The molecule has 0 saturated heterocycles. The van der Waals surface area contributed by atoms with Crippen molar-refractivity contribution in [2.24, 2.45) is 0 Å². The van der Waals surface area contributed by atoms with Crippen molar-refractivity contribution in [1.82, 2.24) is 0 Å². The molecule has 0 saturated carbocycles. The van der Waals surface area contributed by atoms with Crippen molar-refractivity contribution >= 4 is 5.69 Å². The molecule has 0 aliphatic rings. The standard InChI is InChI=1S/C11H13FN2O/c1-11(2,7-15)14-10-4-3-8(6-13)5-9(10)12/h3-5,14-15H,7H2,1-2H3. The van der Waals surface area contributed by atoms with Gasteiger partial charge in [-0.15, -0.1) is 0 Å². The van der Waals surface area contributed by atoms with Gasteiger partial charge >= 0.3 is 0 Å². The predicted molar refractivity (Wildman–Crippen MR) is 55.9 cm³/mol. The number of rotatable bonds is 3. The van der Waals surface area contributed by atoms with Crippen LogP contribution in [0.2, 0.25) is 0 Å². The van der Waals surface area contributed by atoms with Gasteiger partial charge in [0, 0.05) is 0 Å². The summed E-state index contributed by atoms with van der Waals surface area (Å²) in [5.74, 6) is -0.490. The van der Waals surface area contributed by atoms with Gasteiger partial charge < -0.3 is 10.4 Å². The first kappa shape index (κ1) is 11.5. The summed E-state index contributed by atoms with van der Waals surface area (Å²) in [6.07, 6.45) is 0. The minimum absolute atomic E-state index is 0.105. The molecule has 1 aromatic rings. The predicted octanol–water partition coefficient (Wildman–Crippen LogP) is 1.88. The molecular weight excluding hydrogens is 195 g/mol. The Morgan fingerprint density at radius 3 is 2.67 bits per heavy atom. The van der Waals surface area contributed by atoms with Crippen molar-refractivity contribution in [3.63, 3.8) is 0 Å². The van der Waals surface area contributed by atoms with E-state index in [1.54, 1.807) is 13.8 Å². The Labute approximate surface area is 88.2 Å². The minimum atomic E-state index is -0.588. The number of hydrogen-bond acceptors (Lipinski definition) is 3. The second-order valence-corrected chi connectivity index (χ2v) is 3.97. The normalized spacial score (nSPS) is 10.9. The van der Waals surface area contributed by atoms with Crippen molar-refractivity contribution in [3.05, 3.63) is 29.6 Å². The monoisotopic (exact) mass is 208 g/mol. The summed E-state index contributed by atoms with van der Waals surface area (Å²) < 4.78 is 13.4. The molecule has 1 aromatic carbocycles. The summed E-state index contributed by atoms with van der Waals surface area (Å²) >= 11 is 0. The van der Waals surface area contributed by atoms with Crippen molar-refractivity contribution in [3.8, 4) is 6.07 Å². The molecule has 0 aliphatic heterocycles. The first-order valence-corrected chi connectivity index (χ1v) is 4.57. The van der Waals surface area contributed by atoms with E-state index in [2.05, 4.69) is 5.32 Å². The van der Waals surface area contributed by atoms with E-state index in [9.17, 15) is 4.39 Å². The highest BCUT2D eigenvalue weighted by atomic mass is 19.1. The van der Waals surface area contributed by atoms with Gasteiger partial charge in [-0.25, -0.2) is 4.39 Å². The number of aliphatic hydroxyl groups excluding tert-OH is 1. The Hall–Kier alpha value is -1.60. The van der Waals surface area contributed by atoms with Crippen LogP contribution >= 0.6 is 0 Å². The van der Waals surface area contributed by atoms with Gasteiger partial charge in [0.25, 0.3) is 0 Å². The zero-order valence-corrected chi connectivity index (χ0v) is 8.71. The first-order valence-electron chi connectivity index (χ1n) is 4.57. The molecule has 0 fully saturated rings. The molecule has 3 nitrogen and oxygen atoms in total. The molecule has 0 unspecified atom stereocenters. The molecule has 0 bridgehead atoms. The van der Waals surface area contributed by atoms with Gasteiger partial charge in [-0.2, -0.15) is 5.26 Å². The smallest absolute Gasteiger partial charge is 0.147 e. The fourth-order valence-corrected chi connectivity index (χ4v) is 1.09. The van der Waals surface area contributed by atoms with Crippen molar-refractivity contribution in [1.29, 1.82) is 5.26 Å². The van der Waals surface area contributed by atoms with Crippen molar-refractivity contribution < 1.29 is 9.50 Å². The van der Waals surface area contributed by atoms with E-state index in [4.69, 9.17) is 10.4 Å². The summed E-state index contributed by atoms with van der Waals surface area (Å²) in [6.45, 7) is 3.40. The molecular formula is C11H13FN2O. The van der Waals surface area contributed by atoms with Crippen LogP contribution in [0.5, 0.6) is 0 Å². The molecule has 0 radical (unpaired) electrons. The maximum Gasteiger partial charge on any atom is 0.147 e. The van der Waals surface area contributed by atoms with Gasteiger partial charge in [0.15, 0.2) is 0 Å². The van der Waals surface area contributed by atoms with Crippen molar-refractivity contribution in [2.75, 3.05) is 11.9 Å². The Kier molecular flexibility index (Phi) is 3.28. The average Bonchev–Trinajstić information content (AvgIpc) is 2.21. The summed E-state index contributed by atoms with van der Waals surface area (Å²) in [4.78, 5) is 0. The quantitative estimate of drug-likeness (QED) is 0.797. The Balaban J connectivity index is 2.93. The van der Waals surface area contributed by atoms with Crippen LogP contribution in [0, 0.1) is 17.1 Å². The van der Waals surface area contributed by atoms with E-state index in [1.807, 2.05) is 6.07 Å². The lowest BCUT2D eigenvalue weighted by Crippen LogP contribution is -2.35. The maximum atomic E-state index is 13.4. The van der Waals surface area contributed by atoms with Crippen LogP contribution in [0.1, 0.15) is 19.4 Å². The van der Waals surface area contributed by atoms with E-state index in [0.717, 1.165) is 6.07 Å². The molecule has 4 heteroatoms. The first-order chi connectivity index (χ1) is 6.98. The molecule has 15 heavy (non-hydrogen) atoms. The highest BCUT2D eigenvalue weighted by molar-refractivity contribution is 5.50. The zero-order valence-electron chi connectivity index (χ0n) is 8.71. The summed E-state index contributed by atoms with van der Waals surface area (Å²) in [6, 6.07) is 6.04. The van der Waals surface area contributed by atoms with Crippen molar-refractivity contribution in [2.45, 2.75) is 19.4 Å². The molecule has 0 atom stereocenters. The van der Waals surface area contributed by atoms with E-state index in [-0.39, 0.29) is 17.9 Å². The number of benzene rings is 1. The summed E-state index contributed by atoms with van der Waals surface area (Å²) in [7, 11) is 0. The van der Waals surface area contributed by atoms with E-state index in [1.165, 1.54) is 12.1 Å². The van der Waals surface area contributed by atoms with Crippen LogP contribution in [0.4, 0.5) is 10.1 Å². The summed E-state index contributed by atoms with van der Waals surface area (Å²) in [5.41, 5.74) is -0.0254. The lowest BCUT2D eigenvalue weighted by atomic mass is 10.1. The van der Waals surface area contributed by atoms with Crippen LogP contribution in [-0.2, 0) is 0 Å². The topological polar surface area (TPSA) is 56.0 Å². The molecule has 0 heterocycles. The third-order valence-electron chi connectivity index (χ3n) is 1.97. The molecule has 0 amide bonds. The SMILES string of the molecule is CC(C)(CO)Nc1ccc(C#N)cc1F. The third-order valence-corrected chi connectivity index (χ3v) is 1.97. The Morgan fingerprint density at radius 1 is 1.53 bits per heavy atom. The van der Waals surface area contributed by atoms with E-state index < -0.39 is 11.4 Å². The Bertz CT molecular complexity index is 396. The van der Waals surface area contributed by atoms with Gasteiger partial charge in [0.1, 0.15) is 5.82 Å². The highest BCUT2D eigenvalue weighted by Gasteiger charge is 2.17. The highest BCUT2D eigenvalue weighted by Crippen LogP contribution is 2.19. The number of halogens is 1.